The maximum absolute atomic E-state index is 11.4. The van der Waals surface area contributed by atoms with E-state index < -0.39 is 24.2 Å². The third-order valence-corrected chi connectivity index (χ3v) is 7.18. The molecule has 7 heteroatoms. The Morgan fingerprint density at radius 3 is 2.47 bits per heavy atom. The van der Waals surface area contributed by atoms with Gasteiger partial charge in [-0.3, -0.25) is 9.80 Å². The van der Waals surface area contributed by atoms with Crippen LogP contribution in [0.1, 0.15) is 36.8 Å². The normalized spacial score (nSPS) is 24.7. The van der Waals surface area contributed by atoms with E-state index in [-0.39, 0.29) is 18.5 Å². The molecule has 1 aliphatic heterocycles. The highest BCUT2D eigenvalue weighted by Gasteiger charge is 2.41. The van der Waals surface area contributed by atoms with Crippen LogP contribution in [0.2, 0.25) is 0 Å². The maximum Gasteiger partial charge on any atom is 0.408 e. The molecule has 2 aliphatic rings. The van der Waals surface area contributed by atoms with Crippen LogP contribution in [-0.4, -0.2) is 64.9 Å². The summed E-state index contributed by atoms with van der Waals surface area (Å²) in [5.74, 6) is -0.502. The fourth-order valence-electron chi connectivity index (χ4n) is 5.23. The topological polar surface area (TPSA) is 90.3 Å². The Labute approximate surface area is 200 Å². The molecule has 2 aromatic carbocycles. The number of allylic oxidation sites excluding steroid dienone is 1. The fraction of sp³-hybridized carbons (Fsp3) is 0.407. The number of carboxylic acid groups (broad SMARTS) is 2. The molecule has 3 atom stereocenters. The zero-order valence-electron chi connectivity index (χ0n) is 19.7. The highest BCUT2D eigenvalue weighted by Crippen LogP contribution is 2.41. The van der Waals surface area contributed by atoms with Crippen LogP contribution in [0.25, 0.3) is 0 Å². The Kier molecular flexibility index (Phi) is 6.93. The van der Waals surface area contributed by atoms with E-state index >= 15 is 0 Å². The minimum absolute atomic E-state index is 0.00882. The monoisotopic (exact) mass is 464 g/mol. The molecule has 0 radical (unpaired) electrons. The predicted octanol–water partition coefficient (Wildman–Crippen LogP) is 4.38. The van der Waals surface area contributed by atoms with E-state index in [4.69, 9.17) is 4.74 Å². The molecule has 1 saturated heterocycles. The molecular formula is C27H32N2O5. The smallest absolute Gasteiger partial charge is 0.408 e. The molecule has 7 nitrogen and oxygen atoms in total. The lowest BCUT2D eigenvalue weighted by Gasteiger charge is -2.43. The largest absolute Gasteiger partial charge is 0.488 e. The van der Waals surface area contributed by atoms with Gasteiger partial charge in [0.05, 0.1) is 6.54 Å². The molecule has 0 spiro atoms. The fourth-order valence-corrected chi connectivity index (χ4v) is 5.23. The van der Waals surface area contributed by atoms with Gasteiger partial charge in [0.1, 0.15) is 17.9 Å². The van der Waals surface area contributed by atoms with Crippen LogP contribution in [0, 0.1) is 0 Å². The number of nitrogens with zero attached hydrogens (tertiary/aromatic N) is 2. The second-order valence-electron chi connectivity index (χ2n) is 9.45. The molecule has 0 aromatic heterocycles. The summed E-state index contributed by atoms with van der Waals surface area (Å²) >= 11 is 0. The van der Waals surface area contributed by atoms with Crippen LogP contribution in [0.4, 0.5) is 4.79 Å². The molecule has 180 valence electrons. The van der Waals surface area contributed by atoms with Crippen molar-refractivity contribution in [2.24, 2.45) is 0 Å². The molecule has 0 bridgehead atoms. The summed E-state index contributed by atoms with van der Waals surface area (Å²) in [5, 5.41) is 18.6. The zero-order valence-corrected chi connectivity index (χ0v) is 19.7. The first-order valence-electron chi connectivity index (χ1n) is 11.7. The lowest BCUT2D eigenvalue weighted by atomic mass is 9.75. The van der Waals surface area contributed by atoms with Crippen LogP contribution in [0.15, 0.2) is 66.2 Å². The van der Waals surface area contributed by atoms with Crippen molar-refractivity contribution in [2.75, 3.05) is 20.6 Å². The van der Waals surface area contributed by atoms with Gasteiger partial charge in [-0.15, -0.1) is 0 Å². The number of benzene rings is 2. The van der Waals surface area contributed by atoms with Crippen LogP contribution in [-0.2, 0) is 16.8 Å². The summed E-state index contributed by atoms with van der Waals surface area (Å²) in [6.45, 7) is 0.0494. The van der Waals surface area contributed by atoms with E-state index in [9.17, 15) is 19.8 Å². The second kappa shape index (κ2) is 9.89. The second-order valence-corrected chi connectivity index (χ2v) is 9.45. The molecular weight excluding hydrogens is 432 g/mol. The van der Waals surface area contributed by atoms with E-state index in [0.29, 0.717) is 5.75 Å². The average Bonchev–Trinajstić information content (AvgIpc) is 3.25. The van der Waals surface area contributed by atoms with Gasteiger partial charge in [0.2, 0.25) is 0 Å². The molecule has 1 amide bonds. The first-order valence-corrected chi connectivity index (χ1v) is 11.7. The molecule has 2 N–H and O–H groups in total. The van der Waals surface area contributed by atoms with Crippen molar-refractivity contribution in [2.45, 2.75) is 49.8 Å². The molecule has 1 aliphatic carbocycles. The van der Waals surface area contributed by atoms with Gasteiger partial charge in [-0.05, 0) is 63.0 Å². The van der Waals surface area contributed by atoms with Gasteiger partial charge in [0, 0.05) is 12.0 Å². The van der Waals surface area contributed by atoms with Crippen molar-refractivity contribution in [3.8, 4) is 5.75 Å². The van der Waals surface area contributed by atoms with Gasteiger partial charge in [0.15, 0.2) is 0 Å². The number of likely N-dealkylation sites (tertiary alicyclic amines) is 1. The summed E-state index contributed by atoms with van der Waals surface area (Å²) in [6, 6.07) is 17.4. The highest BCUT2D eigenvalue weighted by molar-refractivity contribution is 5.80. The quantitative estimate of drug-likeness (QED) is 0.591. The van der Waals surface area contributed by atoms with Crippen LogP contribution in [0.5, 0.6) is 5.75 Å². The van der Waals surface area contributed by atoms with Crippen molar-refractivity contribution in [3.05, 3.63) is 77.4 Å². The van der Waals surface area contributed by atoms with Crippen LogP contribution >= 0.6 is 0 Å². The molecule has 1 unspecified atom stereocenters. The lowest BCUT2D eigenvalue weighted by Crippen LogP contribution is -2.42. The first kappa shape index (κ1) is 23.8. The SMILES string of the molecule is CN(C)C1(c2ccccc2)CC=C(Cc2cccc(O[C@H]3C[C@@H](C(=O)O)N(C(=O)O)C3)c2)CC1. The Hall–Kier alpha value is -3.32. The van der Waals surface area contributed by atoms with Crippen molar-refractivity contribution < 1.29 is 24.5 Å². The number of carbonyl (C=O) groups is 2. The summed E-state index contributed by atoms with van der Waals surface area (Å²) < 4.78 is 5.99. The minimum Gasteiger partial charge on any atom is -0.488 e. The van der Waals surface area contributed by atoms with Gasteiger partial charge < -0.3 is 14.9 Å². The summed E-state index contributed by atoms with van der Waals surface area (Å²) in [5.41, 5.74) is 3.88. The lowest BCUT2D eigenvalue weighted by molar-refractivity contribution is -0.141. The Morgan fingerprint density at radius 2 is 1.88 bits per heavy atom. The highest BCUT2D eigenvalue weighted by atomic mass is 16.5. The number of aliphatic carboxylic acids is 1. The molecule has 0 saturated carbocycles. The minimum atomic E-state index is -1.24. The summed E-state index contributed by atoms with van der Waals surface area (Å²) in [4.78, 5) is 26.0. The average molecular weight is 465 g/mol. The molecule has 34 heavy (non-hydrogen) atoms. The molecule has 1 heterocycles. The van der Waals surface area contributed by atoms with Gasteiger partial charge in [0.25, 0.3) is 0 Å². The maximum atomic E-state index is 11.4. The first-order chi connectivity index (χ1) is 16.3. The van der Waals surface area contributed by atoms with E-state index in [1.165, 1.54) is 11.1 Å². The molecule has 2 aromatic rings. The summed E-state index contributed by atoms with van der Waals surface area (Å²) in [6.07, 6.45) is 4.64. The number of hydrogen-bond acceptors (Lipinski definition) is 4. The van der Waals surface area contributed by atoms with Crippen LogP contribution in [0.3, 0.4) is 0 Å². The number of amides is 1. The van der Waals surface area contributed by atoms with Crippen molar-refractivity contribution >= 4 is 12.1 Å². The van der Waals surface area contributed by atoms with Crippen molar-refractivity contribution in [3.63, 3.8) is 0 Å². The molecule has 1 fully saturated rings. The van der Waals surface area contributed by atoms with Gasteiger partial charge in [-0.2, -0.15) is 0 Å². The van der Waals surface area contributed by atoms with Crippen molar-refractivity contribution in [1.82, 2.24) is 9.80 Å². The number of carboxylic acids is 1. The standard InChI is InChI=1S/C27H32N2O5/c1-28(2)27(21-8-4-3-5-9-21)13-11-19(12-14-27)15-20-7-6-10-22(16-20)34-23-17-24(25(30)31)29(18-23)26(32)33/h3-11,16,23-24H,12-15,17-18H2,1-2H3,(H,30,31)(H,32,33)/t23-,24-,27?/m0/s1. The van der Waals surface area contributed by atoms with E-state index in [2.05, 4.69) is 61.5 Å². The van der Waals surface area contributed by atoms with Gasteiger partial charge >= 0.3 is 12.1 Å². The van der Waals surface area contributed by atoms with Crippen LogP contribution < -0.4 is 4.74 Å². The van der Waals surface area contributed by atoms with Crippen molar-refractivity contribution in [1.29, 1.82) is 0 Å². The van der Waals surface area contributed by atoms with Gasteiger partial charge in [-0.1, -0.05) is 54.1 Å². The van der Waals surface area contributed by atoms with Gasteiger partial charge in [-0.25, -0.2) is 9.59 Å². The Balaban J connectivity index is 1.42. The predicted molar refractivity (Wildman–Crippen MR) is 129 cm³/mol. The van der Waals surface area contributed by atoms with E-state index in [1.54, 1.807) is 0 Å². The van der Waals surface area contributed by atoms with E-state index in [0.717, 1.165) is 36.1 Å². The Bertz CT molecular complexity index is 1050. The number of rotatable bonds is 7. The Morgan fingerprint density at radius 1 is 1.12 bits per heavy atom. The molecule has 4 rings (SSSR count). The third-order valence-electron chi connectivity index (χ3n) is 7.18. The number of ether oxygens (including phenoxy) is 1. The number of hydrogen-bond donors (Lipinski definition) is 2. The van der Waals surface area contributed by atoms with E-state index in [1.807, 2.05) is 18.2 Å². The zero-order chi connectivity index (χ0) is 24.3. The summed E-state index contributed by atoms with van der Waals surface area (Å²) in [7, 11) is 4.30. The third kappa shape index (κ3) is 4.94.